The standard InChI is InChI=1S/C13H13N3O2/c1-8-5-6-16-13(11(8)12(15)17)18-10-4-2-3-9(14)7-10/h2-7H,14H2,1H3,(H2,15,17). The molecular formula is C13H13N3O2. The molecule has 0 saturated heterocycles. The van der Waals surface area contributed by atoms with E-state index in [-0.39, 0.29) is 11.4 Å². The molecule has 4 N–H and O–H groups in total. The summed E-state index contributed by atoms with van der Waals surface area (Å²) in [4.78, 5) is 15.4. The van der Waals surface area contributed by atoms with Gasteiger partial charge < -0.3 is 16.2 Å². The molecule has 0 spiro atoms. The number of benzene rings is 1. The second-order valence-electron chi connectivity index (χ2n) is 3.85. The highest BCUT2D eigenvalue weighted by Crippen LogP contribution is 2.25. The second-order valence-corrected chi connectivity index (χ2v) is 3.85. The number of aryl methyl sites for hydroxylation is 1. The van der Waals surface area contributed by atoms with Crippen molar-refractivity contribution in [2.24, 2.45) is 5.73 Å². The molecule has 0 unspecified atom stereocenters. The van der Waals surface area contributed by atoms with Gasteiger partial charge in [0.2, 0.25) is 5.88 Å². The Morgan fingerprint density at radius 3 is 2.78 bits per heavy atom. The number of carbonyl (C=O) groups is 1. The number of rotatable bonds is 3. The van der Waals surface area contributed by atoms with Gasteiger partial charge in [-0.05, 0) is 30.7 Å². The summed E-state index contributed by atoms with van der Waals surface area (Å²) in [7, 11) is 0. The molecule has 0 atom stereocenters. The molecule has 0 saturated carbocycles. The van der Waals surface area contributed by atoms with E-state index in [4.69, 9.17) is 16.2 Å². The van der Waals surface area contributed by atoms with Crippen molar-refractivity contribution >= 4 is 11.6 Å². The average Bonchev–Trinajstić information content (AvgIpc) is 2.28. The first-order valence-electron chi connectivity index (χ1n) is 5.36. The zero-order valence-corrected chi connectivity index (χ0v) is 9.88. The van der Waals surface area contributed by atoms with Crippen molar-refractivity contribution in [2.75, 3.05) is 5.73 Å². The molecule has 1 aromatic heterocycles. The third-order valence-electron chi connectivity index (χ3n) is 2.44. The lowest BCUT2D eigenvalue weighted by atomic mass is 10.1. The summed E-state index contributed by atoms with van der Waals surface area (Å²) in [6, 6.07) is 8.57. The van der Waals surface area contributed by atoms with E-state index in [1.807, 2.05) is 0 Å². The Kier molecular flexibility index (Phi) is 3.14. The van der Waals surface area contributed by atoms with Gasteiger partial charge in [0, 0.05) is 18.0 Å². The molecule has 1 heterocycles. The number of carbonyl (C=O) groups excluding carboxylic acids is 1. The lowest BCUT2D eigenvalue weighted by Gasteiger charge is -2.10. The highest BCUT2D eigenvalue weighted by atomic mass is 16.5. The summed E-state index contributed by atoms with van der Waals surface area (Å²) in [5.74, 6) is 0.128. The van der Waals surface area contributed by atoms with Crippen LogP contribution in [0.5, 0.6) is 11.6 Å². The molecule has 1 amide bonds. The van der Waals surface area contributed by atoms with Crippen LogP contribution in [-0.4, -0.2) is 10.9 Å². The van der Waals surface area contributed by atoms with Crippen molar-refractivity contribution in [3.8, 4) is 11.6 Å². The first kappa shape index (κ1) is 11.9. The molecule has 2 aromatic rings. The third-order valence-corrected chi connectivity index (χ3v) is 2.44. The quantitative estimate of drug-likeness (QED) is 0.805. The smallest absolute Gasteiger partial charge is 0.254 e. The van der Waals surface area contributed by atoms with Gasteiger partial charge in [-0.2, -0.15) is 0 Å². The minimum Gasteiger partial charge on any atom is -0.438 e. The maximum atomic E-state index is 11.4. The predicted molar refractivity (Wildman–Crippen MR) is 68.4 cm³/mol. The normalized spacial score (nSPS) is 10.1. The SMILES string of the molecule is Cc1ccnc(Oc2cccc(N)c2)c1C(N)=O. The Morgan fingerprint density at radius 2 is 2.11 bits per heavy atom. The number of amides is 1. The summed E-state index contributed by atoms with van der Waals surface area (Å²) in [6.07, 6.45) is 1.56. The van der Waals surface area contributed by atoms with Gasteiger partial charge in [0.05, 0.1) is 0 Å². The molecule has 18 heavy (non-hydrogen) atoms. The Labute approximate surface area is 104 Å². The summed E-state index contributed by atoms with van der Waals surface area (Å²) >= 11 is 0. The third kappa shape index (κ3) is 2.40. The highest BCUT2D eigenvalue weighted by molar-refractivity contribution is 5.96. The van der Waals surface area contributed by atoms with Gasteiger partial charge in [-0.1, -0.05) is 6.07 Å². The summed E-state index contributed by atoms with van der Waals surface area (Å²) < 4.78 is 5.54. The second kappa shape index (κ2) is 4.75. The van der Waals surface area contributed by atoms with Crippen molar-refractivity contribution in [3.05, 3.63) is 47.7 Å². The number of ether oxygens (including phenoxy) is 1. The lowest BCUT2D eigenvalue weighted by molar-refractivity contribution is 0.0997. The largest absolute Gasteiger partial charge is 0.438 e. The van der Waals surface area contributed by atoms with Crippen LogP contribution in [0.3, 0.4) is 0 Å². The molecule has 2 rings (SSSR count). The predicted octanol–water partition coefficient (Wildman–Crippen LogP) is 1.86. The lowest BCUT2D eigenvalue weighted by Crippen LogP contribution is -2.14. The van der Waals surface area contributed by atoms with Gasteiger partial charge in [-0.15, -0.1) is 0 Å². The van der Waals surface area contributed by atoms with Crippen molar-refractivity contribution in [2.45, 2.75) is 6.92 Å². The van der Waals surface area contributed by atoms with Crippen molar-refractivity contribution in [3.63, 3.8) is 0 Å². The number of hydrogen-bond donors (Lipinski definition) is 2. The molecule has 0 radical (unpaired) electrons. The molecule has 0 fully saturated rings. The molecule has 0 bridgehead atoms. The maximum Gasteiger partial charge on any atom is 0.254 e. The number of hydrogen-bond acceptors (Lipinski definition) is 4. The van der Waals surface area contributed by atoms with Crippen molar-refractivity contribution < 1.29 is 9.53 Å². The van der Waals surface area contributed by atoms with E-state index >= 15 is 0 Å². The Bertz CT molecular complexity index is 597. The number of nitrogens with zero attached hydrogens (tertiary/aromatic N) is 1. The van der Waals surface area contributed by atoms with Crippen LogP contribution >= 0.6 is 0 Å². The van der Waals surface area contributed by atoms with Gasteiger partial charge in [-0.25, -0.2) is 4.98 Å². The Morgan fingerprint density at radius 1 is 1.33 bits per heavy atom. The zero-order chi connectivity index (χ0) is 13.1. The van der Waals surface area contributed by atoms with Crippen molar-refractivity contribution in [1.29, 1.82) is 0 Å². The van der Waals surface area contributed by atoms with E-state index in [1.54, 1.807) is 43.5 Å². The van der Waals surface area contributed by atoms with Gasteiger partial charge in [0.25, 0.3) is 5.91 Å². The fourth-order valence-corrected chi connectivity index (χ4v) is 1.60. The van der Waals surface area contributed by atoms with Crippen LogP contribution in [0.4, 0.5) is 5.69 Å². The number of nitrogens with two attached hydrogens (primary N) is 2. The molecule has 1 aromatic carbocycles. The van der Waals surface area contributed by atoms with Crippen LogP contribution in [0.25, 0.3) is 0 Å². The zero-order valence-electron chi connectivity index (χ0n) is 9.88. The highest BCUT2D eigenvalue weighted by Gasteiger charge is 2.14. The van der Waals surface area contributed by atoms with Crippen LogP contribution in [0.2, 0.25) is 0 Å². The van der Waals surface area contributed by atoms with Crippen LogP contribution in [0.15, 0.2) is 36.5 Å². The van der Waals surface area contributed by atoms with E-state index in [0.717, 1.165) is 5.56 Å². The minimum absolute atomic E-state index is 0.188. The molecule has 92 valence electrons. The molecule has 5 nitrogen and oxygen atoms in total. The van der Waals surface area contributed by atoms with Gasteiger partial charge >= 0.3 is 0 Å². The number of nitrogen functional groups attached to an aromatic ring is 1. The number of primary amides is 1. The minimum atomic E-state index is -0.570. The average molecular weight is 243 g/mol. The van der Waals surface area contributed by atoms with E-state index in [9.17, 15) is 4.79 Å². The monoisotopic (exact) mass is 243 g/mol. The Hall–Kier alpha value is -2.56. The molecular weight excluding hydrogens is 230 g/mol. The maximum absolute atomic E-state index is 11.4. The molecule has 0 aliphatic rings. The van der Waals surface area contributed by atoms with Crippen LogP contribution in [0.1, 0.15) is 15.9 Å². The number of pyridine rings is 1. The first-order chi connectivity index (χ1) is 8.58. The summed E-state index contributed by atoms with van der Waals surface area (Å²) in [6.45, 7) is 1.77. The fraction of sp³-hybridized carbons (Fsp3) is 0.0769. The van der Waals surface area contributed by atoms with Crippen LogP contribution < -0.4 is 16.2 Å². The topological polar surface area (TPSA) is 91.2 Å². The van der Waals surface area contributed by atoms with Crippen LogP contribution in [-0.2, 0) is 0 Å². The van der Waals surface area contributed by atoms with Crippen LogP contribution in [0, 0.1) is 6.92 Å². The van der Waals surface area contributed by atoms with Gasteiger partial charge in [0.15, 0.2) is 0 Å². The van der Waals surface area contributed by atoms with E-state index in [2.05, 4.69) is 4.98 Å². The fourth-order valence-electron chi connectivity index (χ4n) is 1.60. The van der Waals surface area contributed by atoms with E-state index in [1.165, 1.54) is 0 Å². The van der Waals surface area contributed by atoms with E-state index < -0.39 is 5.91 Å². The molecule has 5 heteroatoms. The van der Waals surface area contributed by atoms with Gasteiger partial charge in [-0.3, -0.25) is 4.79 Å². The summed E-state index contributed by atoms with van der Waals surface area (Å²) in [5.41, 5.74) is 12.5. The van der Waals surface area contributed by atoms with Crippen molar-refractivity contribution in [1.82, 2.24) is 4.98 Å². The Balaban J connectivity index is 2.40. The van der Waals surface area contributed by atoms with Gasteiger partial charge in [0.1, 0.15) is 11.3 Å². The first-order valence-corrected chi connectivity index (χ1v) is 5.36. The number of aromatic nitrogens is 1. The number of anilines is 1. The van der Waals surface area contributed by atoms with E-state index in [0.29, 0.717) is 11.4 Å². The summed E-state index contributed by atoms with van der Waals surface area (Å²) in [5, 5.41) is 0. The molecule has 0 aliphatic carbocycles. The molecule has 0 aliphatic heterocycles.